The SMILES string of the molecule is NC(=O)c1ccc(OCCCN2C[C@H]3CC[C@H]3C2)cc1.O=C(O)C(=O)O. The van der Waals surface area contributed by atoms with Gasteiger partial charge in [0.15, 0.2) is 0 Å². The number of benzene rings is 1. The van der Waals surface area contributed by atoms with Gasteiger partial charge in [0.25, 0.3) is 0 Å². The second-order valence-corrected chi connectivity index (χ2v) is 6.56. The van der Waals surface area contributed by atoms with Crippen LogP contribution in [0.1, 0.15) is 29.6 Å². The highest BCUT2D eigenvalue weighted by Crippen LogP contribution is 2.40. The Labute approximate surface area is 151 Å². The van der Waals surface area contributed by atoms with Crippen LogP contribution in [0.5, 0.6) is 5.75 Å². The third-order valence-corrected chi connectivity index (χ3v) is 4.77. The number of nitrogens with two attached hydrogens (primary N) is 1. The molecule has 4 N–H and O–H groups in total. The van der Waals surface area contributed by atoms with Crippen molar-refractivity contribution >= 4 is 17.8 Å². The summed E-state index contributed by atoms with van der Waals surface area (Å²) in [5.41, 5.74) is 5.72. The Morgan fingerprint density at radius 2 is 1.58 bits per heavy atom. The van der Waals surface area contributed by atoms with E-state index in [0.717, 1.165) is 37.2 Å². The first-order chi connectivity index (χ1) is 12.4. The number of hydrogen-bond donors (Lipinski definition) is 3. The Hall–Kier alpha value is -2.61. The van der Waals surface area contributed by atoms with Crippen LogP contribution in [0.3, 0.4) is 0 Å². The average Bonchev–Trinajstić information content (AvgIpc) is 2.87. The number of hydrogen-bond acceptors (Lipinski definition) is 5. The number of fused-ring (bicyclic) bond motifs is 1. The number of primary amides is 1. The molecule has 0 spiro atoms. The predicted molar refractivity (Wildman–Crippen MR) is 93.0 cm³/mol. The van der Waals surface area contributed by atoms with E-state index in [1.54, 1.807) is 24.3 Å². The van der Waals surface area contributed by atoms with E-state index in [2.05, 4.69) is 4.90 Å². The van der Waals surface area contributed by atoms with Crippen molar-refractivity contribution < 1.29 is 29.3 Å². The summed E-state index contributed by atoms with van der Waals surface area (Å²) in [5, 5.41) is 14.8. The van der Waals surface area contributed by atoms with Crippen molar-refractivity contribution in [2.24, 2.45) is 17.6 Å². The molecular weight excluding hydrogens is 340 g/mol. The summed E-state index contributed by atoms with van der Waals surface area (Å²) in [6, 6.07) is 7.01. The van der Waals surface area contributed by atoms with Gasteiger partial charge in [0, 0.05) is 25.2 Å². The molecule has 0 aromatic heterocycles. The third-order valence-electron chi connectivity index (χ3n) is 4.77. The van der Waals surface area contributed by atoms with Crippen molar-refractivity contribution in [3.05, 3.63) is 29.8 Å². The highest BCUT2D eigenvalue weighted by Gasteiger charge is 2.38. The summed E-state index contributed by atoms with van der Waals surface area (Å²) in [4.78, 5) is 31.7. The van der Waals surface area contributed by atoms with Gasteiger partial charge in [-0.05, 0) is 55.4 Å². The molecule has 2 aliphatic rings. The van der Waals surface area contributed by atoms with Gasteiger partial charge in [0.05, 0.1) is 6.61 Å². The fourth-order valence-corrected chi connectivity index (χ4v) is 3.23. The molecule has 1 saturated heterocycles. The van der Waals surface area contributed by atoms with Gasteiger partial charge >= 0.3 is 11.9 Å². The molecule has 1 aliphatic heterocycles. The molecule has 0 unspecified atom stereocenters. The number of carbonyl (C=O) groups excluding carboxylic acids is 1. The van der Waals surface area contributed by atoms with Crippen LogP contribution >= 0.6 is 0 Å². The highest BCUT2D eigenvalue weighted by atomic mass is 16.5. The zero-order valence-corrected chi connectivity index (χ0v) is 14.5. The van der Waals surface area contributed by atoms with E-state index in [9.17, 15) is 4.79 Å². The van der Waals surface area contributed by atoms with E-state index >= 15 is 0 Å². The highest BCUT2D eigenvalue weighted by molar-refractivity contribution is 6.27. The molecule has 8 nitrogen and oxygen atoms in total. The molecule has 0 bridgehead atoms. The smallest absolute Gasteiger partial charge is 0.414 e. The van der Waals surface area contributed by atoms with Crippen LogP contribution in [0.15, 0.2) is 24.3 Å². The molecule has 1 aromatic carbocycles. The topological polar surface area (TPSA) is 130 Å². The van der Waals surface area contributed by atoms with Crippen LogP contribution in [-0.2, 0) is 9.59 Å². The number of carbonyl (C=O) groups is 3. The lowest BCUT2D eigenvalue weighted by molar-refractivity contribution is -0.159. The van der Waals surface area contributed by atoms with Gasteiger partial charge in [-0.1, -0.05) is 0 Å². The maximum absolute atomic E-state index is 11.0. The zero-order chi connectivity index (χ0) is 19.1. The van der Waals surface area contributed by atoms with Gasteiger partial charge in [0.1, 0.15) is 5.75 Å². The van der Waals surface area contributed by atoms with E-state index in [1.165, 1.54) is 25.9 Å². The molecule has 1 aliphatic carbocycles. The number of nitrogens with zero attached hydrogens (tertiary/aromatic N) is 1. The first-order valence-electron chi connectivity index (χ1n) is 8.58. The van der Waals surface area contributed by atoms with Crippen LogP contribution in [0.25, 0.3) is 0 Å². The van der Waals surface area contributed by atoms with Crippen molar-refractivity contribution in [3.63, 3.8) is 0 Å². The van der Waals surface area contributed by atoms with Crippen LogP contribution in [0, 0.1) is 11.8 Å². The van der Waals surface area contributed by atoms with E-state index < -0.39 is 17.8 Å². The molecular formula is C18H24N2O6. The number of likely N-dealkylation sites (tertiary alicyclic amines) is 1. The molecule has 1 heterocycles. The largest absolute Gasteiger partial charge is 0.494 e. The van der Waals surface area contributed by atoms with E-state index in [0.29, 0.717) is 5.56 Å². The molecule has 8 heteroatoms. The number of rotatable bonds is 6. The molecule has 3 rings (SSSR count). The molecule has 142 valence electrons. The third kappa shape index (κ3) is 5.73. The number of ether oxygens (including phenoxy) is 1. The Morgan fingerprint density at radius 1 is 1.04 bits per heavy atom. The van der Waals surface area contributed by atoms with Gasteiger partial charge in [-0.3, -0.25) is 4.79 Å². The Kier molecular flexibility index (Phi) is 6.97. The van der Waals surface area contributed by atoms with Crippen LogP contribution in [0.2, 0.25) is 0 Å². The standard InChI is InChI=1S/C16H22N2O2.C2H2O4/c17-16(19)12-4-6-15(7-5-12)20-9-1-8-18-10-13-2-3-14(13)11-18;3-1(4)2(5)6/h4-7,13-14H,1-3,8-11H2,(H2,17,19);(H,3,4)(H,5,6)/t13-,14+;. The molecule has 26 heavy (non-hydrogen) atoms. The van der Waals surface area contributed by atoms with Crippen LogP contribution < -0.4 is 10.5 Å². The van der Waals surface area contributed by atoms with Gasteiger partial charge < -0.3 is 25.6 Å². The van der Waals surface area contributed by atoms with E-state index in [4.69, 9.17) is 30.3 Å². The van der Waals surface area contributed by atoms with Crippen LogP contribution in [-0.4, -0.2) is 59.2 Å². The van der Waals surface area contributed by atoms with Gasteiger partial charge in [-0.25, -0.2) is 9.59 Å². The van der Waals surface area contributed by atoms with Gasteiger partial charge in [0.2, 0.25) is 5.91 Å². The molecule has 1 saturated carbocycles. The summed E-state index contributed by atoms with van der Waals surface area (Å²) >= 11 is 0. The second-order valence-electron chi connectivity index (χ2n) is 6.56. The van der Waals surface area contributed by atoms with E-state index in [1.807, 2.05) is 0 Å². The fourth-order valence-electron chi connectivity index (χ4n) is 3.23. The Bertz CT molecular complexity index is 622. The first-order valence-corrected chi connectivity index (χ1v) is 8.58. The molecule has 1 amide bonds. The minimum absolute atomic E-state index is 0.403. The Balaban J connectivity index is 0.000000352. The summed E-state index contributed by atoms with van der Waals surface area (Å²) in [7, 11) is 0. The maximum Gasteiger partial charge on any atom is 0.414 e. The summed E-state index contributed by atoms with van der Waals surface area (Å²) in [6.07, 6.45) is 3.92. The quantitative estimate of drug-likeness (QED) is 0.508. The van der Waals surface area contributed by atoms with E-state index in [-0.39, 0.29) is 0 Å². The predicted octanol–water partition coefficient (Wildman–Crippen LogP) is 1.05. The number of aliphatic carboxylic acids is 2. The molecule has 1 aromatic rings. The lowest BCUT2D eigenvalue weighted by Crippen LogP contribution is -2.23. The van der Waals surface area contributed by atoms with Crippen LogP contribution in [0.4, 0.5) is 0 Å². The summed E-state index contributed by atoms with van der Waals surface area (Å²) in [6.45, 7) is 4.43. The summed E-state index contributed by atoms with van der Waals surface area (Å²) in [5.74, 6) is -1.28. The summed E-state index contributed by atoms with van der Waals surface area (Å²) < 4.78 is 5.69. The number of amides is 1. The molecule has 0 radical (unpaired) electrons. The number of carboxylic acid groups (broad SMARTS) is 2. The Morgan fingerprint density at radius 3 is 2.00 bits per heavy atom. The lowest BCUT2D eigenvalue weighted by Gasteiger charge is -2.28. The number of carboxylic acids is 2. The van der Waals surface area contributed by atoms with Gasteiger partial charge in [-0.15, -0.1) is 0 Å². The van der Waals surface area contributed by atoms with Crippen molar-refractivity contribution in [2.45, 2.75) is 19.3 Å². The normalized spacial score (nSPS) is 20.9. The zero-order valence-electron chi connectivity index (χ0n) is 14.5. The molecule has 2 fully saturated rings. The fraction of sp³-hybridized carbons (Fsp3) is 0.500. The second kappa shape index (κ2) is 9.19. The van der Waals surface area contributed by atoms with Crippen molar-refractivity contribution in [1.29, 1.82) is 0 Å². The first kappa shape index (κ1) is 19.7. The van der Waals surface area contributed by atoms with Crippen molar-refractivity contribution in [2.75, 3.05) is 26.2 Å². The molecule has 2 atom stereocenters. The average molecular weight is 364 g/mol. The minimum atomic E-state index is -1.82. The minimum Gasteiger partial charge on any atom is -0.494 e. The lowest BCUT2D eigenvalue weighted by atomic mass is 9.77. The van der Waals surface area contributed by atoms with Crippen molar-refractivity contribution in [3.8, 4) is 5.75 Å². The monoisotopic (exact) mass is 364 g/mol. The van der Waals surface area contributed by atoms with Gasteiger partial charge in [-0.2, -0.15) is 0 Å². The maximum atomic E-state index is 11.0. The van der Waals surface area contributed by atoms with Crippen molar-refractivity contribution in [1.82, 2.24) is 4.90 Å².